The van der Waals surface area contributed by atoms with Crippen molar-refractivity contribution in [2.75, 3.05) is 11.3 Å². The summed E-state index contributed by atoms with van der Waals surface area (Å²) in [4.78, 5) is 26.0. The van der Waals surface area contributed by atoms with Crippen LogP contribution in [0.1, 0.15) is 33.3 Å². The van der Waals surface area contributed by atoms with Gasteiger partial charge < -0.3 is 19.3 Å². The molecule has 0 saturated carbocycles. The molecule has 36 heavy (non-hydrogen) atoms. The smallest absolute Gasteiger partial charge is 0.261 e. The van der Waals surface area contributed by atoms with E-state index in [0.717, 1.165) is 5.69 Å². The van der Waals surface area contributed by atoms with E-state index in [2.05, 4.69) is 16.6 Å². The number of nitrogens with one attached hydrogen (secondary N) is 2. The first kappa shape index (κ1) is 25.5. The predicted molar refractivity (Wildman–Crippen MR) is 148 cm³/mol. The number of aryl methyl sites for hydroxylation is 3. The molecule has 4 rings (SSSR count). The number of halogens is 1. The fourth-order valence-corrected chi connectivity index (χ4v) is 5.33. The number of pyridine rings is 1. The van der Waals surface area contributed by atoms with Crippen LogP contribution < -0.4 is 20.2 Å². The molecule has 0 aliphatic heterocycles. The summed E-state index contributed by atoms with van der Waals surface area (Å²) in [5.74, 6) is 0.514. The summed E-state index contributed by atoms with van der Waals surface area (Å²) in [5.41, 5.74) is 3.79. The maximum Gasteiger partial charge on any atom is 0.261 e. The molecule has 2 aromatic heterocycles. The molecule has 0 atom stereocenters. The van der Waals surface area contributed by atoms with Gasteiger partial charge in [-0.05, 0) is 92.6 Å². The summed E-state index contributed by atoms with van der Waals surface area (Å²) in [7, 11) is 0. The van der Waals surface area contributed by atoms with Gasteiger partial charge in [0.1, 0.15) is 11.6 Å². The maximum absolute atomic E-state index is 13.9. The fraction of sp³-hybridized carbons (Fsp3) is 0.185. The summed E-state index contributed by atoms with van der Waals surface area (Å²) in [6.07, 6.45) is 1.75. The molecule has 0 bridgehead atoms. The molecule has 2 aromatic carbocycles. The van der Waals surface area contributed by atoms with Crippen molar-refractivity contribution >= 4 is 45.1 Å². The zero-order chi connectivity index (χ0) is 26.0. The number of anilines is 1. The second kappa shape index (κ2) is 10.6. The lowest BCUT2D eigenvalue weighted by molar-refractivity contribution is 0.0960. The molecule has 4 aromatic rings. The van der Waals surface area contributed by atoms with Gasteiger partial charge in [-0.25, -0.2) is 4.39 Å². The zero-order valence-electron chi connectivity index (χ0n) is 20.4. The van der Waals surface area contributed by atoms with E-state index in [1.54, 1.807) is 38.4 Å². The second-order valence-corrected chi connectivity index (χ2v) is 10.1. The largest absolute Gasteiger partial charge is 0.455 e. The molecule has 0 fully saturated rings. The Bertz CT molecular complexity index is 1520. The molecule has 0 radical (unpaired) electrons. The van der Waals surface area contributed by atoms with Crippen molar-refractivity contribution in [1.29, 1.82) is 0 Å². The Morgan fingerprint density at radius 1 is 1.17 bits per heavy atom. The van der Waals surface area contributed by atoms with Gasteiger partial charge in [-0.2, -0.15) is 0 Å². The third-order valence-corrected chi connectivity index (χ3v) is 7.18. The summed E-state index contributed by atoms with van der Waals surface area (Å²) >= 11 is 2.49. The van der Waals surface area contributed by atoms with Crippen molar-refractivity contribution in [2.24, 2.45) is 0 Å². The molecule has 1 amide bonds. The number of carbonyl (C=O) groups excluding carboxylic acids is 1. The van der Waals surface area contributed by atoms with Crippen molar-refractivity contribution in [2.45, 2.75) is 27.7 Å². The number of hydrogen-bond donors (Lipinski definition) is 2. The molecule has 0 spiro atoms. The van der Waals surface area contributed by atoms with Crippen molar-refractivity contribution in [3.05, 3.63) is 92.2 Å². The molecule has 186 valence electrons. The molecule has 2 N–H and O–H groups in total. The lowest BCUT2D eigenvalue weighted by atomic mass is 10.1. The SMILES string of the molecule is C=CSNc1ccc(Oc2c(C)cc(F)cc2C)c(-n2cc(C)c(=O)c3sc(C(=O)NCC)cc32)c1. The monoisotopic (exact) mass is 523 g/mol. The van der Waals surface area contributed by atoms with Gasteiger partial charge in [0.2, 0.25) is 5.43 Å². The minimum absolute atomic E-state index is 0.119. The third kappa shape index (κ3) is 5.03. The van der Waals surface area contributed by atoms with Gasteiger partial charge in [-0.1, -0.05) is 6.58 Å². The van der Waals surface area contributed by atoms with Crippen LogP contribution in [0, 0.1) is 26.6 Å². The Hall–Kier alpha value is -3.56. The molecular weight excluding hydrogens is 497 g/mol. The number of carbonyl (C=O) groups is 1. The van der Waals surface area contributed by atoms with Crippen LogP contribution in [0.4, 0.5) is 10.1 Å². The number of rotatable bonds is 8. The van der Waals surface area contributed by atoms with E-state index in [0.29, 0.717) is 55.5 Å². The van der Waals surface area contributed by atoms with Crippen molar-refractivity contribution in [3.8, 4) is 17.2 Å². The first-order chi connectivity index (χ1) is 17.2. The maximum atomic E-state index is 13.9. The number of benzene rings is 2. The lowest BCUT2D eigenvalue weighted by Gasteiger charge is -2.19. The lowest BCUT2D eigenvalue weighted by Crippen LogP contribution is -2.21. The van der Waals surface area contributed by atoms with Gasteiger partial charge in [0.15, 0.2) is 5.75 Å². The number of amides is 1. The van der Waals surface area contributed by atoms with Gasteiger partial charge >= 0.3 is 0 Å². The molecule has 0 unspecified atom stereocenters. The Morgan fingerprint density at radius 2 is 1.89 bits per heavy atom. The van der Waals surface area contributed by atoms with Crippen LogP contribution in [0.2, 0.25) is 0 Å². The first-order valence-electron chi connectivity index (χ1n) is 11.3. The molecule has 6 nitrogen and oxygen atoms in total. The van der Waals surface area contributed by atoms with Gasteiger partial charge in [-0.3, -0.25) is 9.59 Å². The van der Waals surface area contributed by atoms with Gasteiger partial charge in [0, 0.05) is 24.0 Å². The average molecular weight is 524 g/mol. The zero-order valence-corrected chi connectivity index (χ0v) is 22.0. The van der Waals surface area contributed by atoms with E-state index in [1.165, 1.54) is 35.4 Å². The standard InChI is InChI=1S/C27H26FN3O3S2/c1-6-29-27(33)23-13-21-26(36-23)24(32)17(5)14-31(21)20-12-19(30-35-7-2)8-9-22(20)34-25-15(3)10-18(28)11-16(25)4/h7-14,30H,2,6H2,1,3-5H3,(H,29,33). The third-order valence-electron chi connectivity index (χ3n) is 5.54. The van der Waals surface area contributed by atoms with Crippen LogP contribution >= 0.6 is 23.3 Å². The van der Waals surface area contributed by atoms with E-state index in [4.69, 9.17) is 4.74 Å². The fourth-order valence-electron chi connectivity index (χ4n) is 3.92. The Labute approximate surface area is 216 Å². The second-order valence-electron chi connectivity index (χ2n) is 8.24. The highest BCUT2D eigenvalue weighted by Crippen LogP contribution is 2.37. The van der Waals surface area contributed by atoms with Gasteiger partial charge in [0.25, 0.3) is 5.91 Å². The minimum atomic E-state index is -0.326. The first-order valence-corrected chi connectivity index (χ1v) is 13.0. The molecule has 0 aliphatic rings. The summed E-state index contributed by atoms with van der Waals surface area (Å²) in [6.45, 7) is 11.4. The number of nitrogens with zero attached hydrogens (tertiary/aromatic N) is 1. The van der Waals surface area contributed by atoms with E-state index in [1.807, 2.05) is 29.7 Å². The van der Waals surface area contributed by atoms with Crippen molar-refractivity contribution in [1.82, 2.24) is 9.88 Å². The van der Waals surface area contributed by atoms with Crippen LogP contribution in [-0.4, -0.2) is 17.0 Å². The Kier molecular flexibility index (Phi) is 7.51. The average Bonchev–Trinajstić information content (AvgIpc) is 3.29. The van der Waals surface area contributed by atoms with Gasteiger partial charge in [-0.15, -0.1) is 11.3 Å². The Balaban J connectivity index is 1.95. The van der Waals surface area contributed by atoms with E-state index in [9.17, 15) is 14.0 Å². The van der Waals surface area contributed by atoms with E-state index < -0.39 is 0 Å². The topological polar surface area (TPSA) is 72.4 Å². The van der Waals surface area contributed by atoms with E-state index >= 15 is 0 Å². The number of thiophene rings is 1. The van der Waals surface area contributed by atoms with Crippen LogP contribution in [0.5, 0.6) is 11.5 Å². The quantitative estimate of drug-likeness (QED) is 0.247. The van der Waals surface area contributed by atoms with Crippen LogP contribution in [0.15, 0.2) is 59.4 Å². The molecule has 9 heteroatoms. The van der Waals surface area contributed by atoms with Gasteiger partial charge in [0.05, 0.1) is 20.8 Å². The minimum Gasteiger partial charge on any atom is -0.455 e. The summed E-state index contributed by atoms with van der Waals surface area (Å²) in [5, 5.41) is 4.47. The molecular formula is C27H26FN3O3S2. The highest BCUT2D eigenvalue weighted by molar-refractivity contribution is 8.03. The predicted octanol–water partition coefficient (Wildman–Crippen LogP) is 6.86. The number of fused-ring (bicyclic) bond motifs is 1. The normalized spacial score (nSPS) is 10.9. The molecule has 2 heterocycles. The number of aromatic nitrogens is 1. The summed E-state index contributed by atoms with van der Waals surface area (Å²) in [6, 6.07) is 10.2. The number of hydrogen-bond acceptors (Lipinski definition) is 6. The summed E-state index contributed by atoms with van der Waals surface area (Å²) < 4.78 is 25.8. The molecule has 0 saturated heterocycles. The number of ether oxygens (including phenoxy) is 1. The van der Waals surface area contributed by atoms with Crippen molar-refractivity contribution < 1.29 is 13.9 Å². The van der Waals surface area contributed by atoms with Crippen LogP contribution in [0.25, 0.3) is 15.9 Å². The Morgan fingerprint density at radius 3 is 2.56 bits per heavy atom. The highest BCUT2D eigenvalue weighted by atomic mass is 32.2. The molecule has 0 aliphatic carbocycles. The van der Waals surface area contributed by atoms with Crippen LogP contribution in [0.3, 0.4) is 0 Å². The highest BCUT2D eigenvalue weighted by Gasteiger charge is 2.19. The van der Waals surface area contributed by atoms with Crippen LogP contribution in [-0.2, 0) is 0 Å². The van der Waals surface area contributed by atoms with E-state index in [-0.39, 0.29) is 17.2 Å². The van der Waals surface area contributed by atoms with Crippen molar-refractivity contribution in [3.63, 3.8) is 0 Å².